The van der Waals surface area contributed by atoms with E-state index in [1.54, 1.807) is 7.11 Å². The molecule has 1 aromatic rings. The summed E-state index contributed by atoms with van der Waals surface area (Å²) in [5.41, 5.74) is 1.58. The molecule has 23 heavy (non-hydrogen) atoms. The summed E-state index contributed by atoms with van der Waals surface area (Å²) in [4.78, 5) is 0. The Kier molecular flexibility index (Phi) is 6.72. The molecule has 0 unspecified atom stereocenters. The van der Waals surface area contributed by atoms with Gasteiger partial charge >= 0.3 is 0 Å². The molecule has 130 valence electrons. The van der Waals surface area contributed by atoms with Crippen LogP contribution in [-0.2, 0) is 6.54 Å². The zero-order valence-corrected chi connectivity index (χ0v) is 14.7. The Balaban J connectivity index is 1.90. The van der Waals surface area contributed by atoms with Crippen molar-refractivity contribution in [2.45, 2.75) is 46.1 Å². The van der Waals surface area contributed by atoms with E-state index in [2.05, 4.69) is 18.3 Å². The first kappa shape index (κ1) is 18.1. The number of hydrogen-bond acceptors (Lipinski definition) is 4. The first-order valence-corrected chi connectivity index (χ1v) is 8.76. The lowest BCUT2D eigenvalue weighted by Crippen LogP contribution is -2.44. The third kappa shape index (κ3) is 4.39. The molecule has 1 fully saturated rings. The van der Waals surface area contributed by atoms with Crippen molar-refractivity contribution in [3.63, 3.8) is 0 Å². The van der Waals surface area contributed by atoms with Crippen molar-refractivity contribution in [1.82, 2.24) is 5.32 Å². The molecule has 4 heteroatoms. The third-order valence-electron chi connectivity index (χ3n) is 5.29. The van der Waals surface area contributed by atoms with E-state index in [0.29, 0.717) is 24.5 Å². The van der Waals surface area contributed by atoms with Crippen molar-refractivity contribution in [3.8, 4) is 11.5 Å². The Bertz CT molecular complexity index is 486. The van der Waals surface area contributed by atoms with Crippen LogP contribution >= 0.6 is 0 Å². The molecular formula is C19H31NO3. The molecule has 1 aliphatic rings. The molecule has 0 aromatic heterocycles. The number of aliphatic hydroxyl groups is 1. The Labute approximate surface area is 140 Å². The first-order chi connectivity index (χ1) is 11.1. The van der Waals surface area contributed by atoms with Gasteiger partial charge in [0.15, 0.2) is 11.5 Å². The van der Waals surface area contributed by atoms with Crippen molar-refractivity contribution in [2.24, 2.45) is 11.3 Å². The minimum absolute atomic E-state index is 0.291. The Morgan fingerprint density at radius 1 is 1.30 bits per heavy atom. The molecule has 0 heterocycles. The minimum atomic E-state index is 0.291. The van der Waals surface area contributed by atoms with Crippen LogP contribution in [0.2, 0.25) is 0 Å². The first-order valence-electron chi connectivity index (χ1n) is 8.76. The summed E-state index contributed by atoms with van der Waals surface area (Å²) < 4.78 is 11.0. The highest BCUT2D eigenvalue weighted by atomic mass is 16.5. The number of methoxy groups -OCH3 is 1. The zero-order valence-electron chi connectivity index (χ0n) is 14.7. The molecule has 1 aromatic carbocycles. The SMILES string of the molecule is CCOc1ccc(CNCC2([C@@H](C)CCO)CCC2)cc1OC. The summed E-state index contributed by atoms with van der Waals surface area (Å²) in [6, 6.07) is 6.11. The van der Waals surface area contributed by atoms with Gasteiger partial charge in [0.1, 0.15) is 0 Å². The molecule has 0 amide bonds. The van der Waals surface area contributed by atoms with E-state index in [1.165, 1.54) is 24.8 Å². The van der Waals surface area contributed by atoms with E-state index in [-0.39, 0.29) is 0 Å². The molecule has 4 nitrogen and oxygen atoms in total. The molecule has 0 aliphatic heterocycles. The quantitative estimate of drug-likeness (QED) is 0.694. The van der Waals surface area contributed by atoms with Gasteiger partial charge in [-0.1, -0.05) is 19.4 Å². The summed E-state index contributed by atoms with van der Waals surface area (Å²) in [7, 11) is 1.68. The van der Waals surface area contributed by atoms with Crippen LogP contribution < -0.4 is 14.8 Å². The molecular weight excluding hydrogens is 290 g/mol. The van der Waals surface area contributed by atoms with Crippen LogP contribution in [-0.4, -0.2) is 32.0 Å². The van der Waals surface area contributed by atoms with Crippen LogP contribution in [0.1, 0.15) is 45.1 Å². The maximum Gasteiger partial charge on any atom is 0.161 e. The van der Waals surface area contributed by atoms with Crippen LogP contribution in [0.5, 0.6) is 11.5 Å². The average Bonchev–Trinajstić information content (AvgIpc) is 2.51. The van der Waals surface area contributed by atoms with Crippen LogP contribution in [0.25, 0.3) is 0 Å². The highest BCUT2D eigenvalue weighted by molar-refractivity contribution is 5.42. The maximum atomic E-state index is 9.20. The molecule has 1 saturated carbocycles. The number of nitrogens with one attached hydrogen (secondary N) is 1. The Morgan fingerprint density at radius 2 is 2.09 bits per heavy atom. The van der Waals surface area contributed by atoms with E-state index in [0.717, 1.165) is 31.0 Å². The highest BCUT2D eigenvalue weighted by Crippen LogP contribution is 2.47. The number of ether oxygens (including phenoxy) is 2. The number of rotatable bonds is 10. The molecule has 1 aliphatic carbocycles. The van der Waals surface area contributed by atoms with Gasteiger partial charge in [0.25, 0.3) is 0 Å². The standard InChI is InChI=1S/C19H31NO3/c1-4-23-17-7-6-16(12-18(17)22-3)13-20-14-19(9-5-10-19)15(2)8-11-21/h6-7,12,15,20-21H,4-5,8-11,13-14H2,1-3H3/t15-/m0/s1. The largest absolute Gasteiger partial charge is 0.493 e. The molecule has 0 radical (unpaired) electrons. The fourth-order valence-corrected chi connectivity index (χ4v) is 3.53. The van der Waals surface area contributed by atoms with Crippen LogP contribution in [0.3, 0.4) is 0 Å². The fourth-order valence-electron chi connectivity index (χ4n) is 3.53. The topological polar surface area (TPSA) is 50.7 Å². The second kappa shape index (κ2) is 8.55. The molecule has 0 saturated heterocycles. The van der Waals surface area contributed by atoms with E-state index >= 15 is 0 Å². The van der Waals surface area contributed by atoms with Gasteiger partial charge in [0.2, 0.25) is 0 Å². The monoisotopic (exact) mass is 321 g/mol. The van der Waals surface area contributed by atoms with E-state index in [9.17, 15) is 5.11 Å². The number of hydrogen-bond donors (Lipinski definition) is 2. The van der Waals surface area contributed by atoms with E-state index in [1.807, 2.05) is 19.1 Å². The zero-order chi connectivity index (χ0) is 16.7. The normalized spacial score (nSPS) is 17.4. The van der Waals surface area contributed by atoms with Crippen molar-refractivity contribution < 1.29 is 14.6 Å². The second-order valence-electron chi connectivity index (χ2n) is 6.65. The van der Waals surface area contributed by atoms with Crippen LogP contribution in [0, 0.1) is 11.3 Å². The molecule has 2 N–H and O–H groups in total. The minimum Gasteiger partial charge on any atom is -0.493 e. The van der Waals surface area contributed by atoms with E-state index < -0.39 is 0 Å². The summed E-state index contributed by atoms with van der Waals surface area (Å²) in [6.07, 6.45) is 4.76. The third-order valence-corrected chi connectivity index (χ3v) is 5.29. The van der Waals surface area contributed by atoms with Crippen LogP contribution in [0.15, 0.2) is 18.2 Å². The summed E-state index contributed by atoms with van der Waals surface area (Å²) in [5.74, 6) is 2.16. The van der Waals surface area contributed by atoms with Gasteiger partial charge in [0.05, 0.1) is 13.7 Å². The molecule has 0 bridgehead atoms. The van der Waals surface area contributed by atoms with Crippen molar-refractivity contribution in [2.75, 3.05) is 26.9 Å². The second-order valence-corrected chi connectivity index (χ2v) is 6.65. The molecule has 0 spiro atoms. The van der Waals surface area contributed by atoms with Gasteiger partial charge in [-0.25, -0.2) is 0 Å². The van der Waals surface area contributed by atoms with E-state index in [4.69, 9.17) is 9.47 Å². The maximum absolute atomic E-state index is 9.20. The van der Waals surface area contributed by atoms with Crippen LogP contribution in [0.4, 0.5) is 0 Å². The summed E-state index contributed by atoms with van der Waals surface area (Å²) in [6.45, 7) is 7.02. The predicted octanol–water partition coefficient (Wildman–Crippen LogP) is 3.37. The fraction of sp³-hybridized carbons (Fsp3) is 0.684. The summed E-state index contributed by atoms with van der Waals surface area (Å²) >= 11 is 0. The summed E-state index contributed by atoms with van der Waals surface area (Å²) in [5, 5.41) is 12.8. The predicted molar refractivity (Wildman–Crippen MR) is 93.0 cm³/mol. The Morgan fingerprint density at radius 3 is 2.65 bits per heavy atom. The van der Waals surface area contributed by atoms with Gasteiger partial charge < -0.3 is 19.9 Å². The van der Waals surface area contributed by atoms with Gasteiger partial charge in [0, 0.05) is 19.7 Å². The van der Waals surface area contributed by atoms with Crippen molar-refractivity contribution in [1.29, 1.82) is 0 Å². The highest BCUT2D eigenvalue weighted by Gasteiger charge is 2.40. The molecule has 2 rings (SSSR count). The van der Waals surface area contributed by atoms with Gasteiger partial charge in [-0.2, -0.15) is 0 Å². The lowest BCUT2D eigenvalue weighted by Gasteiger charge is -2.47. The lowest BCUT2D eigenvalue weighted by atomic mass is 9.60. The average molecular weight is 321 g/mol. The van der Waals surface area contributed by atoms with Gasteiger partial charge in [-0.3, -0.25) is 0 Å². The number of aliphatic hydroxyl groups excluding tert-OH is 1. The van der Waals surface area contributed by atoms with Gasteiger partial charge in [-0.05, 0) is 55.2 Å². The Hall–Kier alpha value is -1.26. The lowest BCUT2D eigenvalue weighted by molar-refractivity contribution is 0.0427. The number of benzene rings is 1. The van der Waals surface area contributed by atoms with Crippen molar-refractivity contribution >= 4 is 0 Å². The van der Waals surface area contributed by atoms with Gasteiger partial charge in [-0.15, -0.1) is 0 Å². The van der Waals surface area contributed by atoms with Crippen molar-refractivity contribution in [3.05, 3.63) is 23.8 Å². The smallest absolute Gasteiger partial charge is 0.161 e. The molecule has 1 atom stereocenters.